The van der Waals surface area contributed by atoms with Crippen LogP contribution in [0.2, 0.25) is 15.1 Å². The minimum absolute atomic E-state index is 0.140. The molecular weight excluding hydrogens is 324 g/mol. The van der Waals surface area contributed by atoms with Gasteiger partial charge >= 0.3 is 0 Å². The third kappa shape index (κ3) is 2.10. The van der Waals surface area contributed by atoms with Crippen molar-refractivity contribution in [1.82, 2.24) is 9.55 Å². The highest BCUT2D eigenvalue weighted by atomic mass is 35.5. The Morgan fingerprint density at radius 2 is 1.70 bits per heavy atom. The van der Waals surface area contributed by atoms with Gasteiger partial charge in [0.2, 0.25) is 5.95 Å². The summed E-state index contributed by atoms with van der Waals surface area (Å²) in [4.78, 5) is 4.21. The molecule has 0 aliphatic rings. The molecule has 7 heteroatoms. The van der Waals surface area contributed by atoms with Crippen LogP contribution in [0.25, 0.3) is 16.7 Å². The second-order valence-electron chi connectivity index (χ2n) is 4.16. The SMILES string of the molecule is Nc1nc2ccc(Cl)cc2n1-c1c(Cl)cc(F)cc1Cl. The number of halogens is 4. The number of benzene rings is 2. The lowest BCUT2D eigenvalue weighted by Crippen LogP contribution is -2.02. The smallest absolute Gasteiger partial charge is 0.206 e. The summed E-state index contributed by atoms with van der Waals surface area (Å²) in [5.74, 6) is -0.331. The number of nitrogens with two attached hydrogens (primary N) is 1. The Bertz CT molecular complexity index is 806. The standard InChI is InChI=1S/C13H7Cl3FN3/c14-6-1-2-10-11(3-6)20(13(18)19-10)12-8(15)4-7(17)5-9(12)16/h1-5H,(H2,18,19). The van der Waals surface area contributed by atoms with E-state index in [1.807, 2.05) is 0 Å². The summed E-state index contributed by atoms with van der Waals surface area (Å²) in [5, 5.41) is 0.801. The molecule has 3 rings (SSSR count). The van der Waals surface area contributed by atoms with Crippen LogP contribution >= 0.6 is 34.8 Å². The van der Waals surface area contributed by atoms with Crippen LogP contribution in [0.5, 0.6) is 0 Å². The first-order valence-electron chi connectivity index (χ1n) is 5.56. The summed E-state index contributed by atoms with van der Waals surface area (Å²) in [6, 6.07) is 7.46. The second kappa shape index (κ2) is 4.81. The van der Waals surface area contributed by atoms with E-state index in [9.17, 15) is 4.39 Å². The van der Waals surface area contributed by atoms with E-state index >= 15 is 0 Å². The van der Waals surface area contributed by atoms with Gasteiger partial charge in [0.15, 0.2) is 0 Å². The predicted octanol–water partition coefficient (Wildman–Crippen LogP) is 4.71. The molecule has 102 valence electrons. The van der Waals surface area contributed by atoms with Crippen molar-refractivity contribution in [2.45, 2.75) is 0 Å². The number of imidazole rings is 1. The first-order valence-corrected chi connectivity index (χ1v) is 6.69. The molecule has 2 N–H and O–H groups in total. The highest BCUT2D eigenvalue weighted by Crippen LogP contribution is 2.34. The summed E-state index contributed by atoms with van der Waals surface area (Å²) < 4.78 is 14.8. The topological polar surface area (TPSA) is 43.8 Å². The fourth-order valence-electron chi connectivity index (χ4n) is 2.05. The van der Waals surface area contributed by atoms with Crippen molar-refractivity contribution in [1.29, 1.82) is 0 Å². The number of hydrogen-bond donors (Lipinski definition) is 1. The van der Waals surface area contributed by atoms with Crippen molar-refractivity contribution >= 4 is 51.8 Å². The minimum Gasteiger partial charge on any atom is -0.369 e. The van der Waals surface area contributed by atoms with Gasteiger partial charge in [-0.3, -0.25) is 4.57 Å². The number of rotatable bonds is 1. The van der Waals surface area contributed by atoms with E-state index in [1.165, 1.54) is 12.1 Å². The summed E-state index contributed by atoms with van der Waals surface area (Å²) in [6.07, 6.45) is 0. The Labute approximate surface area is 128 Å². The molecule has 20 heavy (non-hydrogen) atoms. The molecule has 0 amide bonds. The van der Waals surface area contributed by atoms with Gasteiger partial charge in [0.05, 0.1) is 26.8 Å². The molecule has 2 aromatic carbocycles. The van der Waals surface area contributed by atoms with E-state index in [2.05, 4.69) is 4.98 Å². The van der Waals surface area contributed by atoms with Gasteiger partial charge in [0.1, 0.15) is 5.82 Å². The Kier molecular flexibility index (Phi) is 3.24. The van der Waals surface area contributed by atoms with E-state index in [0.29, 0.717) is 21.7 Å². The molecule has 0 fully saturated rings. The third-order valence-corrected chi connectivity index (χ3v) is 3.66. The maximum atomic E-state index is 13.3. The average molecular weight is 331 g/mol. The van der Waals surface area contributed by atoms with Crippen LogP contribution in [-0.4, -0.2) is 9.55 Å². The number of hydrogen-bond acceptors (Lipinski definition) is 2. The number of anilines is 1. The summed E-state index contributed by atoms with van der Waals surface area (Å²) in [7, 11) is 0. The Hall–Kier alpha value is -1.49. The number of fused-ring (bicyclic) bond motifs is 1. The van der Waals surface area contributed by atoms with Gasteiger partial charge in [-0.05, 0) is 30.3 Å². The van der Waals surface area contributed by atoms with Gasteiger partial charge in [-0.25, -0.2) is 9.37 Å². The van der Waals surface area contributed by atoms with Crippen molar-refractivity contribution < 1.29 is 4.39 Å². The van der Waals surface area contributed by atoms with Crippen LogP contribution in [0.15, 0.2) is 30.3 Å². The summed E-state index contributed by atoms with van der Waals surface area (Å²) in [6.45, 7) is 0. The second-order valence-corrected chi connectivity index (χ2v) is 5.41. The van der Waals surface area contributed by atoms with E-state index in [1.54, 1.807) is 22.8 Å². The Balaban J connectivity index is 2.40. The fourth-order valence-corrected chi connectivity index (χ4v) is 2.85. The fraction of sp³-hybridized carbons (Fsp3) is 0. The first kappa shape index (κ1) is 13.5. The van der Waals surface area contributed by atoms with Crippen molar-refractivity contribution in [2.75, 3.05) is 5.73 Å². The first-order chi connectivity index (χ1) is 9.47. The van der Waals surface area contributed by atoms with Crippen molar-refractivity contribution in [3.05, 3.63) is 51.2 Å². The van der Waals surface area contributed by atoms with Gasteiger partial charge in [0.25, 0.3) is 0 Å². The van der Waals surface area contributed by atoms with Crippen LogP contribution in [0, 0.1) is 5.82 Å². The molecule has 3 aromatic rings. The van der Waals surface area contributed by atoms with Crippen molar-refractivity contribution in [3.63, 3.8) is 0 Å². The van der Waals surface area contributed by atoms with Crippen LogP contribution < -0.4 is 5.73 Å². The predicted molar refractivity (Wildman–Crippen MR) is 80.5 cm³/mol. The monoisotopic (exact) mass is 329 g/mol. The number of nitrogens with zero attached hydrogens (tertiary/aromatic N) is 2. The van der Waals surface area contributed by atoms with Crippen LogP contribution in [0.3, 0.4) is 0 Å². The molecule has 0 aliphatic carbocycles. The van der Waals surface area contributed by atoms with Gasteiger partial charge in [-0.15, -0.1) is 0 Å². The Morgan fingerprint density at radius 3 is 2.35 bits per heavy atom. The van der Waals surface area contributed by atoms with E-state index in [4.69, 9.17) is 40.5 Å². The van der Waals surface area contributed by atoms with Gasteiger partial charge in [0, 0.05) is 5.02 Å². The molecule has 0 saturated heterocycles. The molecule has 0 radical (unpaired) electrons. The molecule has 0 aliphatic heterocycles. The zero-order chi connectivity index (χ0) is 14.4. The van der Waals surface area contributed by atoms with Crippen LogP contribution in [0.1, 0.15) is 0 Å². The van der Waals surface area contributed by atoms with E-state index in [0.717, 1.165) is 0 Å². The molecule has 0 bridgehead atoms. The molecule has 1 aromatic heterocycles. The largest absolute Gasteiger partial charge is 0.369 e. The van der Waals surface area contributed by atoms with Crippen molar-refractivity contribution in [3.8, 4) is 5.69 Å². The third-order valence-electron chi connectivity index (χ3n) is 2.85. The van der Waals surface area contributed by atoms with Gasteiger partial charge < -0.3 is 5.73 Å². The lowest BCUT2D eigenvalue weighted by atomic mass is 10.2. The quantitative estimate of drug-likeness (QED) is 0.702. The zero-order valence-electron chi connectivity index (χ0n) is 9.87. The van der Waals surface area contributed by atoms with E-state index < -0.39 is 5.82 Å². The lowest BCUT2D eigenvalue weighted by molar-refractivity contribution is 0.627. The van der Waals surface area contributed by atoms with Gasteiger partial charge in [-0.1, -0.05) is 34.8 Å². The van der Waals surface area contributed by atoms with Crippen molar-refractivity contribution in [2.24, 2.45) is 0 Å². The molecule has 0 spiro atoms. The zero-order valence-corrected chi connectivity index (χ0v) is 12.1. The molecule has 0 atom stereocenters. The number of nitrogen functional groups attached to an aromatic ring is 1. The molecule has 0 unspecified atom stereocenters. The summed E-state index contributed by atoms with van der Waals surface area (Å²) >= 11 is 18.1. The normalized spacial score (nSPS) is 11.2. The average Bonchev–Trinajstić information content (AvgIpc) is 2.65. The Morgan fingerprint density at radius 1 is 1.05 bits per heavy atom. The highest BCUT2D eigenvalue weighted by molar-refractivity contribution is 6.38. The van der Waals surface area contributed by atoms with Crippen LogP contribution in [-0.2, 0) is 0 Å². The lowest BCUT2D eigenvalue weighted by Gasteiger charge is -2.11. The van der Waals surface area contributed by atoms with Crippen LogP contribution in [0.4, 0.5) is 10.3 Å². The van der Waals surface area contributed by atoms with E-state index in [-0.39, 0.29) is 16.0 Å². The number of aromatic nitrogens is 2. The minimum atomic E-state index is -0.523. The maximum absolute atomic E-state index is 13.3. The maximum Gasteiger partial charge on any atom is 0.206 e. The summed E-state index contributed by atoms with van der Waals surface area (Å²) in [5.41, 5.74) is 7.57. The highest BCUT2D eigenvalue weighted by Gasteiger charge is 2.17. The molecule has 0 saturated carbocycles. The molecular formula is C13H7Cl3FN3. The molecule has 3 nitrogen and oxygen atoms in total. The molecule has 1 heterocycles. The van der Waals surface area contributed by atoms with Gasteiger partial charge in [-0.2, -0.15) is 0 Å².